The van der Waals surface area contributed by atoms with Crippen molar-refractivity contribution in [1.82, 2.24) is 0 Å². The quantitative estimate of drug-likeness (QED) is 0.628. The Bertz CT molecular complexity index is 801. The number of hydrogen-bond acceptors (Lipinski definition) is 3. The summed E-state index contributed by atoms with van der Waals surface area (Å²) in [6.45, 7) is 9.20. The van der Waals surface area contributed by atoms with Gasteiger partial charge in [-0.3, -0.25) is 9.59 Å². The molecular formula is C27H40O4. The molecule has 4 aliphatic carbocycles. The van der Waals surface area contributed by atoms with E-state index in [4.69, 9.17) is 4.74 Å². The highest BCUT2D eigenvalue weighted by Crippen LogP contribution is 2.69. The fraction of sp³-hybridized carbons (Fsp3) is 0.852. The zero-order valence-electron chi connectivity index (χ0n) is 19.7. The summed E-state index contributed by atoms with van der Waals surface area (Å²) < 4.78 is 6.66. The Morgan fingerprint density at radius 2 is 2.00 bits per heavy atom. The van der Waals surface area contributed by atoms with Crippen LogP contribution in [0.4, 0.5) is 0 Å². The second-order valence-electron chi connectivity index (χ2n) is 12.2. The average molecular weight is 429 g/mol. The van der Waals surface area contributed by atoms with E-state index in [0.717, 1.165) is 43.4 Å². The van der Waals surface area contributed by atoms with Crippen LogP contribution >= 0.6 is 0 Å². The number of ketones is 1. The van der Waals surface area contributed by atoms with Gasteiger partial charge in [0.15, 0.2) is 5.78 Å². The fourth-order valence-electron chi connectivity index (χ4n) is 9.11. The highest BCUT2D eigenvalue weighted by molar-refractivity contribution is 5.91. The smallest absolute Gasteiger partial charge is 0.306 e. The third kappa shape index (κ3) is 3.18. The predicted octanol–water partition coefficient (Wildman–Crippen LogP) is 5.65. The lowest BCUT2D eigenvalue weighted by atomic mass is 9.46. The minimum atomic E-state index is -0.695. The SMILES string of the molecule is CC(CC[C@H]1O[C@H]2C[C@H]3[C@@H]4CCC5=CC(=O)CC[C@]5(C)[C@H]4CC[C@]3(C)[C@H]2[C@@H]1C)C(=O)O. The standard InChI is InChI=1S/C27H40O4/c1-15(25(29)30)5-8-22-16(2)24-23(31-22)14-21-19-7-6-17-13-18(28)9-11-26(17,3)20(19)10-12-27(21,24)4/h13,15-16,19-24H,5-12,14H2,1-4H3,(H,29,30)/t15?,16-,19-,20+,21+,22-,23+,24+,26+,27+/m1/s1. The van der Waals surface area contributed by atoms with Gasteiger partial charge in [0.2, 0.25) is 0 Å². The van der Waals surface area contributed by atoms with Crippen molar-refractivity contribution < 1.29 is 19.4 Å². The van der Waals surface area contributed by atoms with Crippen molar-refractivity contribution in [2.75, 3.05) is 0 Å². The van der Waals surface area contributed by atoms with Crippen LogP contribution in [0.2, 0.25) is 0 Å². The number of fused-ring (bicyclic) bond motifs is 7. The first-order valence-electron chi connectivity index (χ1n) is 12.8. The molecule has 10 atom stereocenters. The van der Waals surface area contributed by atoms with Crippen LogP contribution in [0.15, 0.2) is 11.6 Å². The molecule has 1 saturated heterocycles. The first-order valence-corrected chi connectivity index (χ1v) is 12.8. The van der Waals surface area contributed by atoms with E-state index in [0.29, 0.717) is 35.6 Å². The maximum Gasteiger partial charge on any atom is 0.306 e. The number of ether oxygens (including phenoxy) is 1. The number of carbonyl (C=O) groups excluding carboxylic acids is 1. The van der Waals surface area contributed by atoms with Crippen LogP contribution in [-0.4, -0.2) is 29.1 Å². The monoisotopic (exact) mass is 428 g/mol. The normalized spacial score (nSPS) is 49.5. The van der Waals surface area contributed by atoms with Gasteiger partial charge < -0.3 is 9.84 Å². The molecule has 1 N–H and O–H groups in total. The summed E-state index contributed by atoms with van der Waals surface area (Å²) in [5, 5.41) is 9.24. The van der Waals surface area contributed by atoms with Gasteiger partial charge in [0.05, 0.1) is 18.1 Å². The van der Waals surface area contributed by atoms with Gasteiger partial charge in [-0.15, -0.1) is 0 Å². The highest BCUT2D eigenvalue weighted by atomic mass is 16.5. The van der Waals surface area contributed by atoms with Crippen LogP contribution in [0, 0.1) is 46.3 Å². The summed E-state index contributed by atoms with van der Waals surface area (Å²) in [6, 6.07) is 0. The molecule has 4 fully saturated rings. The molecule has 0 spiro atoms. The van der Waals surface area contributed by atoms with Crippen molar-refractivity contribution in [3.05, 3.63) is 11.6 Å². The lowest BCUT2D eigenvalue weighted by Crippen LogP contribution is -2.51. The topological polar surface area (TPSA) is 63.6 Å². The van der Waals surface area contributed by atoms with Crippen molar-refractivity contribution in [3.8, 4) is 0 Å². The minimum absolute atomic E-state index is 0.218. The Morgan fingerprint density at radius 1 is 1.23 bits per heavy atom. The van der Waals surface area contributed by atoms with E-state index in [1.807, 2.05) is 13.0 Å². The molecule has 5 rings (SSSR count). The average Bonchev–Trinajstić information content (AvgIpc) is 3.20. The number of rotatable bonds is 4. The summed E-state index contributed by atoms with van der Waals surface area (Å²) >= 11 is 0. The van der Waals surface area contributed by atoms with Crippen molar-refractivity contribution in [1.29, 1.82) is 0 Å². The molecule has 172 valence electrons. The Hall–Kier alpha value is -1.16. The molecule has 1 heterocycles. The number of aliphatic carboxylic acids is 1. The zero-order chi connectivity index (χ0) is 22.1. The molecule has 1 unspecified atom stereocenters. The second kappa shape index (κ2) is 7.43. The molecule has 1 aliphatic heterocycles. The van der Waals surface area contributed by atoms with Crippen LogP contribution < -0.4 is 0 Å². The molecule has 4 nitrogen and oxygen atoms in total. The van der Waals surface area contributed by atoms with Gasteiger partial charge in [-0.2, -0.15) is 0 Å². The number of carboxylic acids is 1. The third-order valence-electron chi connectivity index (χ3n) is 10.9. The largest absolute Gasteiger partial charge is 0.481 e. The zero-order valence-corrected chi connectivity index (χ0v) is 19.7. The fourth-order valence-corrected chi connectivity index (χ4v) is 9.11. The number of allylic oxidation sites excluding steroid dienone is 1. The molecule has 3 saturated carbocycles. The van der Waals surface area contributed by atoms with E-state index in [-0.39, 0.29) is 17.4 Å². The third-order valence-corrected chi connectivity index (χ3v) is 10.9. The van der Waals surface area contributed by atoms with E-state index in [2.05, 4.69) is 20.8 Å². The number of carboxylic acid groups (broad SMARTS) is 1. The molecule has 4 heteroatoms. The lowest BCUT2D eigenvalue weighted by molar-refractivity contribution is -0.141. The van der Waals surface area contributed by atoms with Gasteiger partial charge in [-0.05, 0) is 97.9 Å². The second-order valence-corrected chi connectivity index (χ2v) is 12.2. The molecule has 0 amide bonds. The van der Waals surface area contributed by atoms with Gasteiger partial charge in [0.25, 0.3) is 0 Å². The maximum absolute atomic E-state index is 12.1. The Labute approximate surface area is 187 Å². The summed E-state index contributed by atoms with van der Waals surface area (Å²) in [6.07, 6.45) is 12.0. The van der Waals surface area contributed by atoms with Crippen LogP contribution in [0.1, 0.15) is 85.5 Å². The van der Waals surface area contributed by atoms with E-state index in [1.54, 1.807) is 0 Å². The molecule has 0 aromatic rings. The highest BCUT2D eigenvalue weighted by Gasteiger charge is 2.65. The number of hydrogen-bond donors (Lipinski definition) is 1. The number of carbonyl (C=O) groups is 2. The summed E-state index contributed by atoms with van der Waals surface area (Å²) in [7, 11) is 0. The molecular weight excluding hydrogens is 388 g/mol. The van der Waals surface area contributed by atoms with Gasteiger partial charge in [-0.25, -0.2) is 0 Å². The maximum atomic E-state index is 12.1. The molecule has 5 aliphatic rings. The molecule has 0 bridgehead atoms. The van der Waals surface area contributed by atoms with Gasteiger partial charge in [-0.1, -0.05) is 33.3 Å². The molecule has 0 aromatic carbocycles. The van der Waals surface area contributed by atoms with Gasteiger partial charge in [0, 0.05) is 6.42 Å². The van der Waals surface area contributed by atoms with Crippen molar-refractivity contribution in [2.45, 2.75) is 97.7 Å². The summed E-state index contributed by atoms with van der Waals surface area (Å²) in [4.78, 5) is 23.3. The Morgan fingerprint density at radius 3 is 2.74 bits per heavy atom. The predicted molar refractivity (Wildman–Crippen MR) is 119 cm³/mol. The van der Waals surface area contributed by atoms with E-state index >= 15 is 0 Å². The van der Waals surface area contributed by atoms with Crippen LogP contribution in [-0.2, 0) is 14.3 Å². The first kappa shape index (κ1) is 21.7. The molecule has 0 aromatic heterocycles. The van der Waals surface area contributed by atoms with Gasteiger partial charge >= 0.3 is 5.97 Å². The van der Waals surface area contributed by atoms with Gasteiger partial charge in [0.1, 0.15) is 0 Å². The van der Waals surface area contributed by atoms with Crippen molar-refractivity contribution in [2.24, 2.45) is 46.3 Å². The summed E-state index contributed by atoms with van der Waals surface area (Å²) in [5.74, 6) is 2.70. The van der Waals surface area contributed by atoms with Crippen LogP contribution in [0.25, 0.3) is 0 Å². The van der Waals surface area contributed by atoms with Crippen molar-refractivity contribution >= 4 is 11.8 Å². The van der Waals surface area contributed by atoms with E-state index in [1.165, 1.54) is 31.3 Å². The molecule has 31 heavy (non-hydrogen) atoms. The Balaban J connectivity index is 1.33. The van der Waals surface area contributed by atoms with E-state index in [9.17, 15) is 14.7 Å². The van der Waals surface area contributed by atoms with Crippen LogP contribution in [0.3, 0.4) is 0 Å². The van der Waals surface area contributed by atoms with Crippen molar-refractivity contribution in [3.63, 3.8) is 0 Å². The van der Waals surface area contributed by atoms with Crippen LogP contribution in [0.5, 0.6) is 0 Å². The Kier molecular flexibility index (Phi) is 5.20. The first-order chi connectivity index (χ1) is 14.6. The minimum Gasteiger partial charge on any atom is -0.481 e. The molecule has 0 radical (unpaired) electrons. The summed E-state index contributed by atoms with van der Waals surface area (Å²) in [5.41, 5.74) is 2.03. The lowest BCUT2D eigenvalue weighted by Gasteiger charge is -2.58. The van der Waals surface area contributed by atoms with E-state index < -0.39 is 5.97 Å².